The molecule has 0 aliphatic carbocycles. The van der Waals surface area contributed by atoms with Crippen molar-refractivity contribution in [1.82, 2.24) is 4.90 Å². The topological polar surface area (TPSA) is 68.7 Å². The van der Waals surface area contributed by atoms with E-state index in [2.05, 4.69) is 0 Å². The van der Waals surface area contributed by atoms with E-state index in [1.54, 1.807) is 30.1 Å². The molecule has 2 N–H and O–H groups in total. The second-order valence-corrected chi connectivity index (χ2v) is 4.89. The van der Waals surface area contributed by atoms with Crippen LogP contribution in [0.2, 0.25) is 0 Å². The summed E-state index contributed by atoms with van der Waals surface area (Å²) >= 11 is 0. The third kappa shape index (κ3) is 5.58. The Morgan fingerprint density at radius 3 is 2.65 bits per heavy atom. The van der Waals surface area contributed by atoms with Crippen LogP contribution in [0.25, 0.3) is 0 Å². The van der Waals surface area contributed by atoms with Gasteiger partial charge in [0.15, 0.2) is 0 Å². The molecule has 0 unspecified atom stereocenters. The number of benzene rings is 1. The molecule has 0 spiro atoms. The summed E-state index contributed by atoms with van der Waals surface area (Å²) in [5, 5.41) is 0. The van der Waals surface area contributed by atoms with Gasteiger partial charge in [0.25, 0.3) is 5.91 Å². The number of nitrogens with two attached hydrogens (primary N) is 1. The Kier molecular flexibility index (Phi) is 7.57. The highest BCUT2D eigenvalue weighted by Gasteiger charge is 2.14. The summed E-state index contributed by atoms with van der Waals surface area (Å²) in [7, 11) is 1.72. The molecule has 2 aromatic rings. The molecule has 1 amide bonds. The number of hydrogen-bond donors (Lipinski definition) is 1. The zero-order valence-corrected chi connectivity index (χ0v) is 13.6. The molecule has 2 rings (SSSR count). The van der Waals surface area contributed by atoms with Crippen molar-refractivity contribution in [2.75, 3.05) is 20.2 Å². The Labute approximate surface area is 140 Å². The zero-order valence-electron chi connectivity index (χ0n) is 12.8. The van der Waals surface area contributed by atoms with Gasteiger partial charge in [-0.2, -0.15) is 0 Å². The molecule has 1 aromatic carbocycles. The van der Waals surface area contributed by atoms with Crippen LogP contribution in [-0.2, 0) is 6.54 Å². The summed E-state index contributed by atoms with van der Waals surface area (Å²) in [5.41, 5.74) is 5.93. The maximum Gasteiger partial charge on any atom is 0.256 e. The van der Waals surface area contributed by atoms with Crippen LogP contribution in [0.3, 0.4) is 0 Å². The minimum Gasteiger partial charge on any atom is -0.494 e. The number of rotatable bonds is 7. The summed E-state index contributed by atoms with van der Waals surface area (Å²) in [6, 6.07) is 7.49. The largest absolute Gasteiger partial charge is 0.494 e. The number of carbonyl (C=O) groups excluding carboxylic acids is 1. The Morgan fingerprint density at radius 1 is 1.35 bits per heavy atom. The van der Waals surface area contributed by atoms with Crippen molar-refractivity contribution in [1.29, 1.82) is 0 Å². The van der Waals surface area contributed by atoms with Crippen molar-refractivity contribution in [3.05, 3.63) is 53.7 Å². The Balaban J connectivity index is 0.00000264. The van der Waals surface area contributed by atoms with E-state index in [4.69, 9.17) is 14.9 Å². The molecule has 7 heteroatoms. The Morgan fingerprint density at radius 2 is 2.04 bits per heavy atom. The molecule has 0 bridgehead atoms. The van der Waals surface area contributed by atoms with Crippen LogP contribution in [0.1, 0.15) is 22.5 Å². The molecule has 0 aliphatic rings. The highest BCUT2D eigenvalue weighted by molar-refractivity contribution is 5.93. The quantitative estimate of drug-likeness (QED) is 0.786. The smallest absolute Gasteiger partial charge is 0.256 e. The van der Waals surface area contributed by atoms with Gasteiger partial charge in [-0.1, -0.05) is 0 Å². The molecule has 0 atom stereocenters. The second-order valence-electron chi connectivity index (χ2n) is 4.89. The van der Waals surface area contributed by atoms with Crippen molar-refractivity contribution in [2.45, 2.75) is 13.0 Å². The number of carbonyl (C=O) groups is 1. The maximum atomic E-state index is 12.7. The SMILES string of the molecule is CN(CCCOc1ccc(F)cc1)C(=O)c1coc(CN)c1.Cl. The lowest BCUT2D eigenvalue weighted by Crippen LogP contribution is -2.28. The summed E-state index contributed by atoms with van der Waals surface area (Å²) in [4.78, 5) is 13.7. The molecule has 0 fully saturated rings. The molecule has 0 radical (unpaired) electrons. The molecule has 0 saturated heterocycles. The van der Waals surface area contributed by atoms with Crippen LogP contribution < -0.4 is 10.5 Å². The Bertz CT molecular complexity index is 616. The third-order valence-electron chi connectivity index (χ3n) is 3.17. The van der Waals surface area contributed by atoms with Gasteiger partial charge in [0, 0.05) is 13.6 Å². The van der Waals surface area contributed by atoms with Gasteiger partial charge in [-0.05, 0) is 36.8 Å². The molecule has 1 aromatic heterocycles. The summed E-state index contributed by atoms with van der Waals surface area (Å²) in [5.74, 6) is 0.772. The van der Waals surface area contributed by atoms with E-state index in [0.29, 0.717) is 36.6 Å². The van der Waals surface area contributed by atoms with Gasteiger partial charge in [-0.15, -0.1) is 12.4 Å². The molecule has 126 valence electrons. The number of amides is 1. The maximum absolute atomic E-state index is 12.7. The molecule has 0 saturated carbocycles. The number of ether oxygens (including phenoxy) is 1. The number of hydrogen-bond acceptors (Lipinski definition) is 4. The van der Waals surface area contributed by atoms with Gasteiger partial charge in [0.1, 0.15) is 23.6 Å². The molecular weight excluding hydrogens is 323 g/mol. The average Bonchev–Trinajstić information content (AvgIpc) is 3.01. The van der Waals surface area contributed by atoms with Gasteiger partial charge in [0.2, 0.25) is 0 Å². The Hall–Kier alpha value is -2.05. The van der Waals surface area contributed by atoms with Gasteiger partial charge in [-0.25, -0.2) is 4.39 Å². The van der Waals surface area contributed by atoms with E-state index >= 15 is 0 Å². The normalized spacial score (nSPS) is 10.0. The molecule has 5 nitrogen and oxygen atoms in total. The van der Waals surface area contributed by atoms with Crippen LogP contribution in [0.5, 0.6) is 5.75 Å². The molecule has 1 heterocycles. The van der Waals surface area contributed by atoms with Crippen LogP contribution in [0, 0.1) is 5.82 Å². The van der Waals surface area contributed by atoms with Crippen LogP contribution in [0.4, 0.5) is 4.39 Å². The van der Waals surface area contributed by atoms with E-state index in [-0.39, 0.29) is 30.7 Å². The minimum absolute atomic E-state index is 0. The number of furan rings is 1. The van der Waals surface area contributed by atoms with Crippen LogP contribution in [-0.4, -0.2) is 31.0 Å². The zero-order chi connectivity index (χ0) is 15.9. The van der Waals surface area contributed by atoms with E-state index in [0.717, 1.165) is 0 Å². The fourth-order valence-electron chi connectivity index (χ4n) is 1.94. The summed E-state index contributed by atoms with van der Waals surface area (Å²) < 4.78 is 23.4. The van der Waals surface area contributed by atoms with Crippen molar-refractivity contribution in [2.24, 2.45) is 5.73 Å². The predicted molar refractivity (Wildman–Crippen MR) is 87.3 cm³/mol. The molecular formula is C16H20ClFN2O3. The molecule has 0 aliphatic heterocycles. The van der Waals surface area contributed by atoms with Crippen molar-refractivity contribution in [3.63, 3.8) is 0 Å². The van der Waals surface area contributed by atoms with Gasteiger partial charge >= 0.3 is 0 Å². The molecule has 23 heavy (non-hydrogen) atoms. The average molecular weight is 343 g/mol. The van der Waals surface area contributed by atoms with E-state index in [9.17, 15) is 9.18 Å². The lowest BCUT2D eigenvalue weighted by molar-refractivity contribution is 0.0787. The fraction of sp³-hybridized carbons (Fsp3) is 0.312. The van der Waals surface area contributed by atoms with E-state index in [1.807, 2.05) is 0 Å². The summed E-state index contributed by atoms with van der Waals surface area (Å²) in [6.45, 7) is 1.26. The second kappa shape index (κ2) is 9.17. The standard InChI is InChI=1S/C16H19FN2O3.ClH/c1-19(16(20)12-9-15(10-18)22-11-12)7-2-8-21-14-5-3-13(17)4-6-14;/h3-6,9,11H,2,7-8,10,18H2,1H3;1H. The van der Waals surface area contributed by atoms with Crippen molar-refractivity contribution >= 4 is 18.3 Å². The first-order valence-electron chi connectivity index (χ1n) is 7.01. The van der Waals surface area contributed by atoms with Crippen LogP contribution in [0.15, 0.2) is 41.0 Å². The highest BCUT2D eigenvalue weighted by Crippen LogP contribution is 2.12. The van der Waals surface area contributed by atoms with Crippen LogP contribution >= 0.6 is 12.4 Å². The van der Waals surface area contributed by atoms with Gasteiger partial charge in [-0.3, -0.25) is 4.79 Å². The van der Waals surface area contributed by atoms with Gasteiger partial charge < -0.3 is 19.8 Å². The highest BCUT2D eigenvalue weighted by atomic mass is 35.5. The predicted octanol–water partition coefficient (Wildman–Crippen LogP) is 2.84. The number of halogens is 2. The monoisotopic (exact) mass is 342 g/mol. The number of nitrogens with zero attached hydrogens (tertiary/aromatic N) is 1. The first-order chi connectivity index (χ1) is 10.6. The van der Waals surface area contributed by atoms with Gasteiger partial charge in [0.05, 0.1) is 18.7 Å². The first kappa shape index (κ1) is 19.0. The summed E-state index contributed by atoms with van der Waals surface area (Å²) in [6.07, 6.45) is 2.08. The van der Waals surface area contributed by atoms with E-state index in [1.165, 1.54) is 18.4 Å². The third-order valence-corrected chi connectivity index (χ3v) is 3.17. The first-order valence-corrected chi connectivity index (χ1v) is 7.01. The van der Waals surface area contributed by atoms with E-state index < -0.39 is 0 Å². The minimum atomic E-state index is -0.297. The lowest BCUT2D eigenvalue weighted by atomic mass is 10.2. The fourth-order valence-corrected chi connectivity index (χ4v) is 1.94. The lowest BCUT2D eigenvalue weighted by Gasteiger charge is -2.16. The van der Waals surface area contributed by atoms with Crippen molar-refractivity contribution in [3.8, 4) is 5.75 Å². The van der Waals surface area contributed by atoms with Crippen molar-refractivity contribution < 1.29 is 18.3 Å².